The number of ether oxygens (including phenoxy) is 2. The molecule has 27 heavy (non-hydrogen) atoms. The molecule has 1 aromatic heterocycles. The highest BCUT2D eigenvalue weighted by atomic mass is 35.5. The third kappa shape index (κ3) is 3.40. The van der Waals surface area contributed by atoms with Crippen LogP contribution in [-0.2, 0) is 0 Å². The summed E-state index contributed by atoms with van der Waals surface area (Å²) in [4.78, 5) is 5.87. The maximum Gasteiger partial charge on any atom is 0.161 e. The van der Waals surface area contributed by atoms with E-state index in [0.29, 0.717) is 17.4 Å². The molecular formula is C22H25ClN2O2. The van der Waals surface area contributed by atoms with Gasteiger partial charge in [0.15, 0.2) is 11.5 Å². The lowest BCUT2D eigenvalue weighted by atomic mass is 9.89. The molecule has 0 atom stereocenters. The standard InChI is InChI=1S/C22H25ClN2O2/c1-25-10-8-14(9-11-25)15-4-6-18-17(12-15)21(23)22(24-18)16-5-7-19(26-2)20(13-16)27-3/h4-7,12-14,24H,8-11H2,1-3H3. The zero-order valence-electron chi connectivity index (χ0n) is 16.0. The second-order valence-electron chi connectivity index (χ2n) is 7.27. The molecule has 0 radical (unpaired) electrons. The van der Waals surface area contributed by atoms with Crippen LogP contribution in [0.4, 0.5) is 0 Å². The maximum absolute atomic E-state index is 6.78. The summed E-state index contributed by atoms with van der Waals surface area (Å²) in [6, 6.07) is 12.5. The number of hydrogen-bond donors (Lipinski definition) is 1. The van der Waals surface area contributed by atoms with Crippen molar-refractivity contribution in [2.75, 3.05) is 34.4 Å². The predicted molar refractivity (Wildman–Crippen MR) is 111 cm³/mol. The summed E-state index contributed by atoms with van der Waals surface area (Å²) in [5.41, 5.74) is 4.33. The Balaban J connectivity index is 1.72. The fourth-order valence-corrected chi connectivity index (χ4v) is 4.28. The molecule has 1 saturated heterocycles. The highest BCUT2D eigenvalue weighted by Crippen LogP contribution is 2.39. The van der Waals surface area contributed by atoms with E-state index in [0.717, 1.165) is 40.3 Å². The van der Waals surface area contributed by atoms with Gasteiger partial charge in [0.1, 0.15) is 0 Å². The number of piperidine rings is 1. The fourth-order valence-electron chi connectivity index (χ4n) is 3.96. The Bertz CT molecular complexity index is 958. The van der Waals surface area contributed by atoms with E-state index in [1.54, 1.807) is 14.2 Å². The van der Waals surface area contributed by atoms with Gasteiger partial charge in [-0.3, -0.25) is 0 Å². The highest BCUT2D eigenvalue weighted by molar-refractivity contribution is 6.38. The normalized spacial score (nSPS) is 16.0. The molecule has 4 nitrogen and oxygen atoms in total. The number of aromatic nitrogens is 1. The second kappa shape index (κ2) is 7.45. The molecule has 0 unspecified atom stereocenters. The molecule has 0 aliphatic carbocycles. The van der Waals surface area contributed by atoms with E-state index in [9.17, 15) is 0 Å². The molecule has 2 aromatic carbocycles. The molecule has 142 valence electrons. The quantitative estimate of drug-likeness (QED) is 0.661. The third-order valence-corrected chi connectivity index (χ3v) is 6.01. The number of halogens is 1. The molecule has 0 amide bonds. The van der Waals surface area contributed by atoms with Gasteiger partial charge in [-0.2, -0.15) is 0 Å². The maximum atomic E-state index is 6.78. The first-order valence-electron chi connectivity index (χ1n) is 9.32. The van der Waals surface area contributed by atoms with Crippen molar-refractivity contribution in [1.29, 1.82) is 0 Å². The van der Waals surface area contributed by atoms with Crippen LogP contribution in [0.5, 0.6) is 11.5 Å². The van der Waals surface area contributed by atoms with Crippen molar-refractivity contribution in [1.82, 2.24) is 9.88 Å². The lowest BCUT2D eigenvalue weighted by molar-refractivity contribution is 0.255. The summed E-state index contributed by atoms with van der Waals surface area (Å²) in [7, 11) is 5.47. The van der Waals surface area contributed by atoms with E-state index in [2.05, 4.69) is 35.1 Å². The van der Waals surface area contributed by atoms with E-state index >= 15 is 0 Å². The van der Waals surface area contributed by atoms with Gasteiger partial charge in [0.25, 0.3) is 0 Å². The van der Waals surface area contributed by atoms with Crippen LogP contribution in [-0.4, -0.2) is 44.2 Å². The Kier molecular flexibility index (Phi) is 5.02. The molecule has 2 heterocycles. The summed E-state index contributed by atoms with van der Waals surface area (Å²) in [5, 5.41) is 1.84. The minimum atomic E-state index is 0.612. The minimum absolute atomic E-state index is 0.612. The van der Waals surface area contributed by atoms with Gasteiger partial charge in [0.2, 0.25) is 0 Å². The number of fused-ring (bicyclic) bond motifs is 1. The molecule has 3 aromatic rings. The Labute approximate surface area is 165 Å². The summed E-state index contributed by atoms with van der Waals surface area (Å²) < 4.78 is 10.8. The first-order valence-corrected chi connectivity index (χ1v) is 9.70. The minimum Gasteiger partial charge on any atom is -0.493 e. The summed E-state index contributed by atoms with van der Waals surface area (Å²) in [5.74, 6) is 2.01. The number of likely N-dealkylation sites (tertiary alicyclic amines) is 1. The van der Waals surface area contributed by atoms with Gasteiger partial charge >= 0.3 is 0 Å². The van der Waals surface area contributed by atoms with Crippen LogP contribution in [0.15, 0.2) is 36.4 Å². The number of hydrogen-bond acceptors (Lipinski definition) is 3. The summed E-state index contributed by atoms with van der Waals surface area (Å²) in [6.07, 6.45) is 2.40. The van der Waals surface area contributed by atoms with Crippen molar-refractivity contribution in [3.63, 3.8) is 0 Å². The first kappa shape index (κ1) is 18.2. The molecule has 5 heteroatoms. The number of aromatic amines is 1. The van der Waals surface area contributed by atoms with Gasteiger partial charge < -0.3 is 19.4 Å². The lowest BCUT2D eigenvalue weighted by Crippen LogP contribution is -2.29. The smallest absolute Gasteiger partial charge is 0.161 e. The van der Waals surface area contributed by atoms with Crippen LogP contribution in [0.1, 0.15) is 24.3 Å². The number of rotatable bonds is 4. The van der Waals surface area contributed by atoms with E-state index in [-0.39, 0.29) is 0 Å². The molecule has 4 rings (SSSR count). The SMILES string of the molecule is COc1ccc(-c2[nH]c3ccc(C4CCN(C)CC4)cc3c2Cl)cc1OC. The van der Waals surface area contributed by atoms with Gasteiger partial charge in [-0.05, 0) is 74.8 Å². The highest BCUT2D eigenvalue weighted by Gasteiger charge is 2.20. The van der Waals surface area contributed by atoms with Crippen LogP contribution >= 0.6 is 11.6 Å². The zero-order valence-corrected chi connectivity index (χ0v) is 16.8. The van der Waals surface area contributed by atoms with Crippen LogP contribution in [0.3, 0.4) is 0 Å². The molecule has 1 fully saturated rings. The summed E-state index contributed by atoms with van der Waals surface area (Å²) in [6.45, 7) is 2.31. The van der Waals surface area contributed by atoms with Crippen LogP contribution in [0.2, 0.25) is 5.02 Å². The lowest BCUT2D eigenvalue weighted by Gasteiger charge is -2.29. The summed E-state index contributed by atoms with van der Waals surface area (Å²) >= 11 is 6.78. The zero-order chi connectivity index (χ0) is 19.0. The molecule has 0 bridgehead atoms. The van der Waals surface area contributed by atoms with Gasteiger partial charge in [-0.25, -0.2) is 0 Å². The second-order valence-corrected chi connectivity index (χ2v) is 7.64. The largest absolute Gasteiger partial charge is 0.493 e. The molecule has 0 saturated carbocycles. The average molecular weight is 385 g/mol. The Morgan fingerprint density at radius 1 is 1.00 bits per heavy atom. The van der Waals surface area contributed by atoms with E-state index in [4.69, 9.17) is 21.1 Å². The van der Waals surface area contributed by atoms with Gasteiger partial charge in [-0.15, -0.1) is 0 Å². The van der Waals surface area contributed by atoms with Crippen LogP contribution in [0, 0.1) is 0 Å². The number of methoxy groups -OCH3 is 2. The average Bonchev–Trinajstić information content (AvgIpc) is 3.04. The Morgan fingerprint density at radius 3 is 2.44 bits per heavy atom. The van der Waals surface area contributed by atoms with Crippen molar-refractivity contribution in [3.8, 4) is 22.8 Å². The van der Waals surface area contributed by atoms with Gasteiger partial charge in [0, 0.05) is 16.5 Å². The Hall–Kier alpha value is -2.17. The first-order chi connectivity index (χ1) is 13.1. The molecule has 0 spiro atoms. The number of nitrogens with one attached hydrogen (secondary N) is 1. The fraction of sp³-hybridized carbons (Fsp3) is 0.364. The van der Waals surface area contributed by atoms with E-state index in [1.807, 2.05) is 18.2 Å². The van der Waals surface area contributed by atoms with Crippen LogP contribution < -0.4 is 9.47 Å². The predicted octanol–water partition coefficient (Wildman–Crippen LogP) is 5.31. The van der Waals surface area contributed by atoms with Crippen molar-refractivity contribution in [2.45, 2.75) is 18.8 Å². The number of benzene rings is 2. The molecular weight excluding hydrogens is 360 g/mol. The number of H-pyrrole nitrogens is 1. The van der Waals surface area contributed by atoms with E-state index < -0.39 is 0 Å². The molecule has 1 aliphatic heterocycles. The van der Waals surface area contributed by atoms with Crippen molar-refractivity contribution in [3.05, 3.63) is 47.0 Å². The Morgan fingerprint density at radius 2 is 1.74 bits per heavy atom. The third-order valence-electron chi connectivity index (χ3n) is 5.62. The number of nitrogens with zero attached hydrogens (tertiary/aromatic N) is 1. The van der Waals surface area contributed by atoms with Crippen molar-refractivity contribution >= 4 is 22.5 Å². The molecule has 1 N–H and O–H groups in total. The van der Waals surface area contributed by atoms with Crippen LogP contribution in [0.25, 0.3) is 22.2 Å². The van der Waals surface area contributed by atoms with Crippen molar-refractivity contribution < 1.29 is 9.47 Å². The van der Waals surface area contributed by atoms with Gasteiger partial charge in [-0.1, -0.05) is 17.7 Å². The van der Waals surface area contributed by atoms with Crippen molar-refractivity contribution in [2.24, 2.45) is 0 Å². The van der Waals surface area contributed by atoms with E-state index in [1.165, 1.54) is 18.4 Å². The topological polar surface area (TPSA) is 37.5 Å². The van der Waals surface area contributed by atoms with Gasteiger partial charge in [0.05, 0.1) is 24.9 Å². The monoisotopic (exact) mass is 384 g/mol. The molecule has 1 aliphatic rings.